The zero-order valence-electron chi connectivity index (χ0n) is 17.9. The topological polar surface area (TPSA) is 53.0 Å². The van der Waals surface area contributed by atoms with Gasteiger partial charge in [0, 0.05) is 13.1 Å². The third-order valence-corrected chi connectivity index (χ3v) is 7.17. The molecule has 9 heteroatoms. The fourth-order valence-corrected chi connectivity index (χ4v) is 5.05. The van der Waals surface area contributed by atoms with E-state index in [1.165, 1.54) is 17.0 Å². The van der Waals surface area contributed by atoms with Crippen LogP contribution in [0.2, 0.25) is 10.0 Å². The number of carbonyl (C=O) groups excluding carboxylic acids is 2. The van der Waals surface area contributed by atoms with Gasteiger partial charge in [-0.25, -0.2) is 9.38 Å². The van der Waals surface area contributed by atoms with Crippen LogP contribution in [0.4, 0.5) is 10.1 Å². The van der Waals surface area contributed by atoms with Gasteiger partial charge in [-0.15, -0.1) is 0 Å². The van der Waals surface area contributed by atoms with Crippen LogP contribution in [0.1, 0.15) is 25.3 Å². The monoisotopic (exact) mass is 505 g/mol. The zero-order valence-corrected chi connectivity index (χ0v) is 20.3. The zero-order chi connectivity index (χ0) is 23.5. The Balaban J connectivity index is 1.61. The van der Waals surface area contributed by atoms with E-state index in [2.05, 4.69) is 11.9 Å². The van der Waals surface area contributed by atoms with E-state index >= 15 is 0 Å². The summed E-state index contributed by atoms with van der Waals surface area (Å²) < 4.78 is 14.6. The highest BCUT2D eigenvalue weighted by molar-refractivity contribution is 8.14. The number of carbonyl (C=O) groups is 2. The Kier molecular flexibility index (Phi) is 7.41. The lowest BCUT2D eigenvalue weighted by Crippen LogP contribution is -2.40. The Labute approximate surface area is 206 Å². The van der Waals surface area contributed by atoms with Crippen molar-refractivity contribution in [3.63, 3.8) is 0 Å². The molecule has 1 saturated heterocycles. The number of anilines is 1. The molecule has 2 heterocycles. The predicted octanol–water partition coefficient (Wildman–Crippen LogP) is 5.87. The molecule has 5 nitrogen and oxygen atoms in total. The number of amides is 2. The molecule has 2 aliphatic rings. The van der Waals surface area contributed by atoms with Crippen molar-refractivity contribution >= 4 is 63.7 Å². The van der Waals surface area contributed by atoms with Crippen LogP contribution >= 0.6 is 35.0 Å². The van der Waals surface area contributed by atoms with Crippen LogP contribution in [-0.4, -0.2) is 40.7 Å². The van der Waals surface area contributed by atoms with Crippen molar-refractivity contribution in [1.29, 1.82) is 0 Å². The van der Waals surface area contributed by atoms with Crippen LogP contribution in [0.15, 0.2) is 53.2 Å². The number of halogens is 3. The van der Waals surface area contributed by atoms with Crippen molar-refractivity contribution in [2.24, 2.45) is 10.9 Å². The average Bonchev–Trinajstić information content (AvgIpc) is 3.10. The number of nitrogens with zero attached hydrogens (tertiary/aromatic N) is 3. The van der Waals surface area contributed by atoms with E-state index in [-0.39, 0.29) is 28.2 Å². The van der Waals surface area contributed by atoms with E-state index < -0.39 is 11.7 Å². The van der Waals surface area contributed by atoms with Crippen LogP contribution in [0, 0.1) is 11.7 Å². The van der Waals surface area contributed by atoms with Gasteiger partial charge >= 0.3 is 0 Å². The first-order valence-electron chi connectivity index (χ1n) is 10.6. The van der Waals surface area contributed by atoms with Gasteiger partial charge in [0.2, 0.25) is 5.91 Å². The Morgan fingerprint density at radius 3 is 2.76 bits per heavy atom. The molecular formula is C24H22Cl2FN3O2S. The number of hydrogen-bond acceptors (Lipinski definition) is 4. The summed E-state index contributed by atoms with van der Waals surface area (Å²) in [6.45, 7) is 3.59. The molecule has 33 heavy (non-hydrogen) atoms. The van der Waals surface area contributed by atoms with E-state index in [0.717, 1.165) is 37.7 Å². The molecule has 2 amide bonds. The summed E-state index contributed by atoms with van der Waals surface area (Å²) in [6, 6.07) is 11.0. The highest BCUT2D eigenvalue weighted by Gasteiger charge is 2.34. The Morgan fingerprint density at radius 2 is 2.03 bits per heavy atom. The quantitative estimate of drug-likeness (QED) is 0.488. The normalized spacial score (nSPS) is 19.9. The maximum Gasteiger partial charge on any atom is 0.283 e. The van der Waals surface area contributed by atoms with Crippen LogP contribution in [0.25, 0.3) is 6.08 Å². The van der Waals surface area contributed by atoms with E-state index in [1.54, 1.807) is 36.4 Å². The van der Waals surface area contributed by atoms with Gasteiger partial charge in [-0.05, 0) is 54.7 Å². The molecular weight excluding hydrogens is 484 g/mol. The number of para-hydroxylation sites is 1. The largest absolute Gasteiger partial charge is 0.342 e. The van der Waals surface area contributed by atoms with Crippen molar-refractivity contribution in [2.45, 2.75) is 19.8 Å². The molecule has 0 aliphatic carbocycles. The number of hydrogen-bond donors (Lipinski definition) is 0. The molecule has 1 fully saturated rings. The summed E-state index contributed by atoms with van der Waals surface area (Å²) in [5.74, 6) is -0.464. The lowest BCUT2D eigenvalue weighted by molar-refractivity contribution is -0.130. The third-order valence-electron chi connectivity index (χ3n) is 5.50. The first-order chi connectivity index (χ1) is 15.8. The fourth-order valence-electron chi connectivity index (χ4n) is 3.83. The fraction of sp³-hybridized carbons (Fsp3) is 0.292. The van der Waals surface area contributed by atoms with Crippen molar-refractivity contribution < 1.29 is 14.0 Å². The molecule has 2 aliphatic heterocycles. The molecule has 0 N–H and O–H groups in total. The average molecular weight is 506 g/mol. The molecule has 0 radical (unpaired) electrons. The van der Waals surface area contributed by atoms with Crippen molar-refractivity contribution in [1.82, 2.24) is 4.90 Å². The van der Waals surface area contributed by atoms with Crippen molar-refractivity contribution in [3.05, 3.63) is 69.6 Å². The number of aliphatic imine (C=N–C) groups is 1. The third kappa shape index (κ3) is 5.42. The molecule has 0 aromatic heterocycles. The summed E-state index contributed by atoms with van der Waals surface area (Å²) in [5.41, 5.74) is 0.845. The smallest absolute Gasteiger partial charge is 0.283 e. The predicted molar refractivity (Wildman–Crippen MR) is 133 cm³/mol. The van der Waals surface area contributed by atoms with E-state index in [0.29, 0.717) is 21.5 Å². The van der Waals surface area contributed by atoms with Crippen LogP contribution in [-0.2, 0) is 9.59 Å². The van der Waals surface area contributed by atoms with Gasteiger partial charge in [0.25, 0.3) is 5.91 Å². The van der Waals surface area contributed by atoms with E-state index in [4.69, 9.17) is 23.2 Å². The summed E-state index contributed by atoms with van der Waals surface area (Å²) >= 11 is 13.2. The Morgan fingerprint density at radius 1 is 1.24 bits per heavy atom. The summed E-state index contributed by atoms with van der Waals surface area (Å²) in [5, 5.41) is 1.01. The standard InChI is InChI=1S/C24H22Cl2FN3O2S/c1-15-5-4-10-29(13-15)22(31)14-33-24-28-20(12-16-8-9-17(25)18(26)11-16)23(32)30(24)21-7-3-2-6-19(21)27/h2-3,6-9,11-12,15H,4-5,10,13-14H2,1H3/b20-12+/t15-/m1/s1. The van der Waals surface area contributed by atoms with Gasteiger partial charge in [-0.3, -0.25) is 14.5 Å². The number of rotatable bonds is 4. The van der Waals surface area contributed by atoms with Gasteiger partial charge in [0.1, 0.15) is 11.5 Å². The molecule has 172 valence electrons. The molecule has 0 spiro atoms. The minimum Gasteiger partial charge on any atom is -0.342 e. The molecule has 0 unspecified atom stereocenters. The van der Waals surface area contributed by atoms with Gasteiger partial charge < -0.3 is 4.90 Å². The van der Waals surface area contributed by atoms with Crippen molar-refractivity contribution in [2.75, 3.05) is 23.7 Å². The Bertz CT molecular complexity index is 1150. The number of amidine groups is 1. The Hall–Kier alpha value is -2.35. The second kappa shape index (κ2) is 10.3. The molecule has 4 rings (SSSR count). The number of thioether (sulfide) groups is 1. The van der Waals surface area contributed by atoms with Crippen LogP contribution in [0.3, 0.4) is 0 Å². The number of likely N-dealkylation sites (tertiary alicyclic amines) is 1. The second-order valence-corrected chi connectivity index (χ2v) is 9.82. The SMILES string of the molecule is C[C@@H]1CCCN(C(=O)CSC2=N/C(=C/c3ccc(Cl)c(Cl)c3)C(=O)N2c2ccccc2F)C1. The van der Waals surface area contributed by atoms with Gasteiger partial charge in [-0.1, -0.05) is 60.1 Å². The van der Waals surface area contributed by atoms with E-state index in [1.807, 2.05) is 4.90 Å². The van der Waals surface area contributed by atoms with E-state index in [9.17, 15) is 14.0 Å². The number of piperidine rings is 1. The molecule has 2 aromatic carbocycles. The molecule has 2 aromatic rings. The summed E-state index contributed by atoms with van der Waals surface area (Å²) in [4.78, 5) is 33.5. The maximum absolute atomic E-state index is 14.6. The number of benzene rings is 2. The highest BCUT2D eigenvalue weighted by Crippen LogP contribution is 2.32. The van der Waals surface area contributed by atoms with Crippen LogP contribution < -0.4 is 4.90 Å². The first kappa shape index (κ1) is 23.8. The van der Waals surface area contributed by atoms with Crippen molar-refractivity contribution in [3.8, 4) is 0 Å². The lowest BCUT2D eigenvalue weighted by atomic mass is 10.0. The van der Waals surface area contributed by atoms with Gasteiger partial charge in [0.15, 0.2) is 5.17 Å². The minimum atomic E-state index is -0.550. The molecule has 1 atom stereocenters. The minimum absolute atomic E-state index is 0.0166. The second-order valence-electron chi connectivity index (χ2n) is 8.07. The molecule has 0 saturated carbocycles. The van der Waals surface area contributed by atoms with Gasteiger partial charge in [0.05, 0.1) is 21.5 Å². The summed E-state index contributed by atoms with van der Waals surface area (Å²) in [6.07, 6.45) is 3.66. The lowest BCUT2D eigenvalue weighted by Gasteiger charge is -2.31. The van der Waals surface area contributed by atoms with Gasteiger partial charge in [-0.2, -0.15) is 0 Å². The summed E-state index contributed by atoms with van der Waals surface area (Å²) in [7, 11) is 0. The molecule has 0 bridgehead atoms. The highest BCUT2D eigenvalue weighted by atomic mass is 35.5. The maximum atomic E-state index is 14.6. The first-order valence-corrected chi connectivity index (χ1v) is 12.3. The van der Waals surface area contributed by atoms with Crippen LogP contribution in [0.5, 0.6) is 0 Å².